The molecule has 2 heterocycles. The van der Waals surface area contributed by atoms with E-state index in [0.717, 1.165) is 5.56 Å². The normalized spacial score (nSPS) is 14.6. The summed E-state index contributed by atoms with van der Waals surface area (Å²) >= 11 is 0. The average molecular weight is 346 g/mol. The predicted molar refractivity (Wildman–Crippen MR) is 85.7 cm³/mol. The molecule has 0 unspecified atom stereocenters. The lowest BCUT2D eigenvalue weighted by Gasteiger charge is -2.34. The van der Waals surface area contributed by atoms with Crippen molar-refractivity contribution in [2.75, 3.05) is 26.2 Å². The lowest BCUT2D eigenvalue weighted by atomic mass is 10.1. The van der Waals surface area contributed by atoms with E-state index in [1.165, 1.54) is 23.1 Å². The Hall–Kier alpha value is -2.84. The number of hydrogen-bond acceptors (Lipinski definition) is 5. The summed E-state index contributed by atoms with van der Waals surface area (Å²) in [6.45, 7) is 2.09. The van der Waals surface area contributed by atoms with Gasteiger partial charge in [-0.1, -0.05) is 12.1 Å². The fourth-order valence-electron chi connectivity index (χ4n) is 2.80. The zero-order valence-corrected chi connectivity index (χ0v) is 13.7. The van der Waals surface area contributed by atoms with E-state index in [9.17, 15) is 14.0 Å². The average Bonchev–Trinajstić information content (AvgIpc) is 3.13. The third kappa shape index (κ3) is 4.59. The second-order valence-electron chi connectivity index (χ2n) is 5.90. The number of carbonyl (C=O) groups excluding carboxylic acids is 2. The molecule has 1 aliphatic heterocycles. The Morgan fingerprint density at radius 3 is 2.44 bits per heavy atom. The van der Waals surface area contributed by atoms with Crippen molar-refractivity contribution in [2.24, 2.45) is 0 Å². The number of rotatable bonds is 5. The molecule has 8 nitrogen and oxygen atoms in total. The molecule has 25 heavy (non-hydrogen) atoms. The summed E-state index contributed by atoms with van der Waals surface area (Å²) in [5, 5.41) is 10.7. The van der Waals surface area contributed by atoms with Crippen molar-refractivity contribution in [1.82, 2.24) is 30.0 Å². The highest BCUT2D eigenvalue weighted by atomic mass is 19.1. The minimum atomic E-state index is -0.292. The molecule has 1 aromatic heterocycles. The van der Waals surface area contributed by atoms with Gasteiger partial charge in [0.05, 0.1) is 0 Å². The third-order valence-electron chi connectivity index (χ3n) is 4.19. The van der Waals surface area contributed by atoms with Crippen LogP contribution < -0.4 is 0 Å². The Kier molecular flexibility index (Phi) is 5.32. The quantitative estimate of drug-likeness (QED) is 0.768. The molecule has 1 aliphatic rings. The summed E-state index contributed by atoms with van der Waals surface area (Å²) < 4.78 is 14.5. The molecule has 132 valence electrons. The highest BCUT2D eigenvalue weighted by Crippen LogP contribution is 2.10. The van der Waals surface area contributed by atoms with E-state index in [4.69, 9.17) is 0 Å². The van der Waals surface area contributed by atoms with E-state index in [0.29, 0.717) is 39.0 Å². The molecular formula is C16H19FN6O2. The van der Waals surface area contributed by atoms with Crippen LogP contribution in [0.4, 0.5) is 4.39 Å². The largest absolute Gasteiger partial charge is 0.339 e. The first kappa shape index (κ1) is 17.0. The SMILES string of the molecule is O=C(CCc1cccc(F)c1)N1CCN(C(=O)Cn2cnnn2)CC1. The standard InChI is InChI=1S/C16H19FN6O2/c17-14-3-1-2-13(10-14)4-5-15(24)21-6-8-22(9-7-21)16(25)11-23-12-18-19-20-23/h1-3,10,12H,4-9,11H2. The summed E-state index contributed by atoms with van der Waals surface area (Å²) in [7, 11) is 0. The van der Waals surface area contributed by atoms with Crippen LogP contribution in [0.3, 0.4) is 0 Å². The smallest absolute Gasteiger partial charge is 0.244 e. The van der Waals surface area contributed by atoms with E-state index >= 15 is 0 Å². The Morgan fingerprint density at radius 1 is 1.08 bits per heavy atom. The molecule has 0 N–H and O–H groups in total. The van der Waals surface area contributed by atoms with Gasteiger partial charge in [0, 0.05) is 32.6 Å². The Labute approximate surface area is 144 Å². The number of amides is 2. The lowest BCUT2D eigenvalue weighted by Crippen LogP contribution is -2.51. The van der Waals surface area contributed by atoms with Crippen LogP contribution in [0.1, 0.15) is 12.0 Å². The van der Waals surface area contributed by atoms with Crippen molar-refractivity contribution in [3.05, 3.63) is 42.0 Å². The van der Waals surface area contributed by atoms with Crippen LogP contribution in [0.15, 0.2) is 30.6 Å². The molecule has 0 spiro atoms. The van der Waals surface area contributed by atoms with Gasteiger partial charge in [-0.25, -0.2) is 9.07 Å². The van der Waals surface area contributed by atoms with Crippen LogP contribution in [-0.4, -0.2) is 68.0 Å². The molecule has 0 bridgehead atoms. The van der Waals surface area contributed by atoms with E-state index in [1.54, 1.807) is 15.9 Å². The summed E-state index contributed by atoms with van der Waals surface area (Å²) in [6.07, 6.45) is 2.24. The molecule has 0 atom stereocenters. The molecule has 9 heteroatoms. The van der Waals surface area contributed by atoms with Gasteiger partial charge in [-0.2, -0.15) is 0 Å². The third-order valence-corrected chi connectivity index (χ3v) is 4.19. The second kappa shape index (κ2) is 7.82. The number of hydrogen-bond donors (Lipinski definition) is 0. The number of aryl methyl sites for hydroxylation is 1. The van der Waals surface area contributed by atoms with Gasteiger partial charge >= 0.3 is 0 Å². The van der Waals surface area contributed by atoms with Crippen LogP contribution in [-0.2, 0) is 22.6 Å². The molecule has 0 radical (unpaired) electrons. The summed E-state index contributed by atoms with van der Waals surface area (Å²) in [6, 6.07) is 6.29. The fraction of sp³-hybridized carbons (Fsp3) is 0.438. The Bertz CT molecular complexity index is 728. The molecular weight excluding hydrogens is 327 g/mol. The van der Waals surface area contributed by atoms with Gasteiger partial charge in [-0.15, -0.1) is 5.10 Å². The van der Waals surface area contributed by atoms with Gasteiger partial charge in [0.15, 0.2) is 0 Å². The number of aromatic nitrogens is 4. The molecule has 3 rings (SSSR count). The van der Waals surface area contributed by atoms with Crippen LogP contribution in [0.5, 0.6) is 0 Å². The van der Waals surface area contributed by atoms with E-state index in [1.807, 2.05) is 6.07 Å². The maximum Gasteiger partial charge on any atom is 0.244 e. The lowest BCUT2D eigenvalue weighted by molar-refractivity contribution is -0.140. The van der Waals surface area contributed by atoms with Gasteiger partial charge in [-0.05, 0) is 34.5 Å². The fourth-order valence-corrected chi connectivity index (χ4v) is 2.80. The van der Waals surface area contributed by atoms with Crippen molar-refractivity contribution in [3.63, 3.8) is 0 Å². The number of halogens is 1. The Morgan fingerprint density at radius 2 is 1.80 bits per heavy atom. The van der Waals surface area contributed by atoms with Gasteiger partial charge in [0.25, 0.3) is 0 Å². The summed E-state index contributed by atoms with van der Waals surface area (Å²) in [5.41, 5.74) is 0.809. The van der Waals surface area contributed by atoms with Crippen molar-refractivity contribution in [1.29, 1.82) is 0 Å². The van der Waals surface area contributed by atoms with E-state index < -0.39 is 0 Å². The monoisotopic (exact) mass is 346 g/mol. The maximum absolute atomic E-state index is 13.2. The molecule has 1 aromatic carbocycles. The van der Waals surface area contributed by atoms with E-state index in [2.05, 4.69) is 15.5 Å². The zero-order chi connectivity index (χ0) is 17.6. The molecule has 0 saturated carbocycles. The first-order valence-electron chi connectivity index (χ1n) is 8.12. The maximum atomic E-state index is 13.2. The number of nitrogens with zero attached hydrogens (tertiary/aromatic N) is 6. The first-order chi connectivity index (χ1) is 12.1. The van der Waals surface area contributed by atoms with Gasteiger partial charge in [-0.3, -0.25) is 9.59 Å². The highest BCUT2D eigenvalue weighted by molar-refractivity contribution is 5.78. The first-order valence-corrected chi connectivity index (χ1v) is 8.12. The Balaban J connectivity index is 1.43. The molecule has 0 aliphatic carbocycles. The number of benzene rings is 1. The summed E-state index contributed by atoms with van der Waals surface area (Å²) in [5.74, 6) is -0.337. The number of carbonyl (C=O) groups is 2. The number of tetrazole rings is 1. The highest BCUT2D eigenvalue weighted by Gasteiger charge is 2.24. The number of piperazine rings is 1. The van der Waals surface area contributed by atoms with Crippen LogP contribution in [0.25, 0.3) is 0 Å². The van der Waals surface area contributed by atoms with Crippen LogP contribution >= 0.6 is 0 Å². The van der Waals surface area contributed by atoms with Crippen molar-refractivity contribution >= 4 is 11.8 Å². The molecule has 1 saturated heterocycles. The molecule has 2 aromatic rings. The van der Waals surface area contributed by atoms with Gasteiger partial charge in [0.1, 0.15) is 18.7 Å². The van der Waals surface area contributed by atoms with Gasteiger partial charge in [0.2, 0.25) is 11.8 Å². The zero-order valence-electron chi connectivity index (χ0n) is 13.7. The second-order valence-corrected chi connectivity index (χ2v) is 5.90. The van der Waals surface area contributed by atoms with Crippen molar-refractivity contribution in [2.45, 2.75) is 19.4 Å². The van der Waals surface area contributed by atoms with Crippen molar-refractivity contribution < 1.29 is 14.0 Å². The van der Waals surface area contributed by atoms with E-state index in [-0.39, 0.29) is 24.2 Å². The molecule has 1 fully saturated rings. The predicted octanol–water partition coefficient (Wildman–Crippen LogP) is 0.116. The molecule has 2 amide bonds. The van der Waals surface area contributed by atoms with Crippen LogP contribution in [0.2, 0.25) is 0 Å². The minimum absolute atomic E-state index is 0.0248. The minimum Gasteiger partial charge on any atom is -0.339 e. The summed E-state index contributed by atoms with van der Waals surface area (Å²) in [4.78, 5) is 27.9. The topological polar surface area (TPSA) is 84.2 Å². The van der Waals surface area contributed by atoms with Crippen molar-refractivity contribution in [3.8, 4) is 0 Å². The van der Waals surface area contributed by atoms with Crippen LogP contribution in [0, 0.1) is 5.82 Å². The van der Waals surface area contributed by atoms with Gasteiger partial charge < -0.3 is 9.80 Å².